The van der Waals surface area contributed by atoms with Crippen molar-refractivity contribution in [3.05, 3.63) is 29.8 Å². The first-order valence-electron chi connectivity index (χ1n) is 5.50. The van der Waals surface area contributed by atoms with E-state index in [4.69, 9.17) is 18.0 Å². The van der Waals surface area contributed by atoms with Crippen molar-refractivity contribution >= 4 is 29.2 Å². The highest BCUT2D eigenvalue weighted by Crippen LogP contribution is 2.02. The van der Waals surface area contributed by atoms with Gasteiger partial charge in [0, 0.05) is 12.2 Å². The molecule has 4 nitrogen and oxygen atoms in total. The molecule has 0 radical (unpaired) electrons. The molecule has 0 amide bonds. The van der Waals surface area contributed by atoms with E-state index in [2.05, 4.69) is 29.7 Å². The fourth-order valence-electron chi connectivity index (χ4n) is 1.08. The third-order valence-corrected chi connectivity index (χ3v) is 2.22. The van der Waals surface area contributed by atoms with Gasteiger partial charge in [0.25, 0.3) is 0 Å². The van der Waals surface area contributed by atoms with Crippen LogP contribution in [0.25, 0.3) is 0 Å². The van der Waals surface area contributed by atoms with Gasteiger partial charge in [-0.25, -0.2) is 0 Å². The van der Waals surface area contributed by atoms with E-state index < -0.39 is 0 Å². The molecular weight excluding hydrogens is 232 g/mol. The molecule has 4 N–H and O–H groups in total. The second-order valence-electron chi connectivity index (χ2n) is 4.14. The Labute approximate surface area is 107 Å². The maximum Gasteiger partial charge on any atom is 0.186 e. The van der Waals surface area contributed by atoms with E-state index in [0.717, 1.165) is 17.8 Å². The molecule has 5 heteroatoms. The molecule has 0 aromatic heterocycles. The van der Waals surface area contributed by atoms with Crippen LogP contribution in [0.3, 0.4) is 0 Å². The molecule has 0 atom stereocenters. The summed E-state index contributed by atoms with van der Waals surface area (Å²) in [5.41, 5.74) is 10.1. The van der Waals surface area contributed by atoms with Crippen molar-refractivity contribution in [2.75, 3.05) is 12.3 Å². The van der Waals surface area contributed by atoms with Gasteiger partial charge in [0.15, 0.2) is 5.11 Å². The highest BCUT2D eigenvalue weighted by molar-refractivity contribution is 7.80. The van der Waals surface area contributed by atoms with Crippen LogP contribution in [0.15, 0.2) is 29.4 Å². The van der Waals surface area contributed by atoms with Gasteiger partial charge in [-0.15, -0.1) is 0 Å². The topological polar surface area (TPSA) is 62.4 Å². The van der Waals surface area contributed by atoms with Crippen molar-refractivity contribution in [1.29, 1.82) is 0 Å². The van der Waals surface area contributed by atoms with Gasteiger partial charge in [-0.2, -0.15) is 5.10 Å². The third kappa shape index (κ3) is 5.87. The van der Waals surface area contributed by atoms with Crippen molar-refractivity contribution in [2.24, 2.45) is 11.0 Å². The molecule has 0 unspecified atom stereocenters. The number of hydrogen-bond donors (Lipinski definition) is 3. The SMILES string of the molecule is CC(C)CNC(=S)N/N=C\c1ccc(N)cc1. The molecular formula is C12H18N4S. The summed E-state index contributed by atoms with van der Waals surface area (Å²) in [6.45, 7) is 5.07. The molecule has 0 saturated heterocycles. The maximum absolute atomic E-state index is 5.58. The van der Waals surface area contributed by atoms with Crippen LogP contribution >= 0.6 is 12.2 Å². The smallest absolute Gasteiger partial charge is 0.186 e. The fraction of sp³-hybridized carbons (Fsp3) is 0.333. The van der Waals surface area contributed by atoms with E-state index >= 15 is 0 Å². The predicted octanol–water partition coefficient (Wildman–Crippen LogP) is 1.72. The molecule has 0 heterocycles. The highest BCUT2D eigenvalue weighted by Gasteiger charge is 1.95. The number of nitrogens with one attached hydrogen (secondary N) is 2. The summed E-state index contributed by atoms with van der Waals surface area (Å²) >= 11 is 5.05. The third-order valence-electron chi connectivity index (χ3n) is 1.99. The van der Waals surface area contributed by atoms with Crippen LogP contribution in [0, 0.1) is 5.92 Å². The van der Waals surface area contributed by atoms with E-state index in [1.807, 2.05) is 24.3 Å². The Balaban J connectivity index is 2.34. The Bertz CT molecular complexity index is 384. The number of nitrogens with zero attached hydrogens (tertiary/aromatic N) is 1. The Morgan fingerprint density at radius 2 is 2.06 bits per heavy atom. The van der Waals surface area contributed by atoms with Gasteiger partial charge in [-0.05, 0) is 35.8 Å². The van der Waals surface area contributed by atoms with Gasteiger partial charge in [-0.3, -0.25) is 5.43 Å². The van der Waals surface area contributed by atoms with Crippen molar-refractivity contribution < 1.29 is 0 Å². The lowest BCUT2D eigenvalue weighted by Gasteiger charge is -2.08. The molecule has 17 heavy (non-hydrogen) atoms. The van der Waals surface area contributed by atoms with Crippen LogP contribution in [0.1, 0.15) is 19.4 Å². The monoisotopic (exact) mass is 250 g/mol. The lowest BCUT2D eigenvalue weighted by atomic mass is 10.2. The zero-order valence-corrected chi connectivity index (χ0v) is 10.9. The van der Waals surface area contributed by atoms with Gasteiger partial charge in [-0.1, -0.05) is 26.0 Å². The van der Waals surface area contributed by atoms with Crippen molar-refractivity contribution in [3.8, 4) is 0 Å². The minimum Gasteiger partial charge on any atom is -0.399 e. The number of rotatable bonds is 4. The molecule has 0 fully saturated rings. The van der Waals surface area contributed by atoms with Crippen LogP contribution in [-0.2, 0) is 0 Å². The van der Waals surface area contributed by atoms with E-state index in [1.165, 1.54) is 0 Å². The lowest BCUT2D eigenvalue weighted by molar-refractivity contribution is 0.621. The fourth-order valence-corrected chi connectivity index (χ4v) is 1.22. The maximum atomic E-state index is 5.58. The number of benzene rings is 1. The number of anilines is 1. The second kappa shape index (κ2) is 6.85. The quantitative estimate of drug-likeness (QED) is 0.329. The molecule has 0 bridgehead atoms. The summed E-state index contributed by atoms with van der Waals surface area (Å²) in [6.07, 6.45) is 1.70. The highest BCUT2D eigenvalue weighted by atomic mass is 32.1. The Morgan fingerprint density at radius 1 is 1.41 bits per heavy atom. The normalized spacial score (nSPS) is 10.8. The van der Waals surface area contributed by atoms with E-state index in [1.54, 1.807) is 6.21 Å². The van der Waals surface area contributed by atoms with E-state index in [9.17, 15) is 0 Å². The number of thiocarbonyl (C=S) groups is 1. The molecule has 1 aromatic rings. The summed E-state index contributed by atoms with van der Waals surface area (Å²) < 4.78 is 0. The summed E-state index contributed by atoms with van der Waals surface area (Å²) in [5, 5.41) is 7.63. The van der Waals surface area contributed by atoms with Gasteiger partial charge >= 0.3 is 0 Å². The molecule has 92 valence electrons. The van der Waals surface area contributed by atoms with Crippen LogP contribution in [0.4, 0.5) is 5.69 Å². The average molecular weight is 250 g/mol. The van der Waals surface area contributed by atoms with Crippen molar-refractivity contribution in [1.82, 2.24) is 10.7 Å². The van der Waals surface area contributed by atoms with Crippen LogP contribution < -0.4 is 16.5 Å². The number of nitrogens with two attached hydrogens (primary N) is 1. The minimum atomic E-state index is 0.533. The summed E-state index contributed by atoms with van der Waals surface area (Å²) in [5.74, 6) is 0.552. The molecule has 1 aromatic carbocycles. The summed E-state index contributed by atoms with van der Waals surface area (Å²) in [6, 6.07) is 7.45. The molecule has 0 aliphatic rings. The van der Waals surface area contributed by atoms with Gasteiger partial charge in [0.2, 0.25) is 0 Å². The Kier molecular flexibility index (Phi) is 5.42. The molecule has 0 saturated carbocycles. The lowest BCUT2D eigenvalue weighted by Crippen LogP contribution is -2.34. The molecule has 1 rings (SSSR count). The zero-order valence-electron chi connectivity index (χ0n) is 10.1. The van der Waals surface area contributed by atoms with Crippen molar-refractivity contribution in [3.63, 3.8) is 0 Å². The summed E-state index contributed by atoms with van der Waals surface area (Å²) in [7, 11) is 0. The number of hydrogen-bond acceptors (Lipinski definition) is 3. The first-order chi connectivity index (χ1) is 8.08. The largest absolute Gasteiger partial charge is 0.399 e. The number of nitrogen functional groups attached to an aromatic ring is 1. The van der Waals surface area contributed by atoms with Crippen LogP contribution in [0.5, 0.6) is 0 Å². The predicted molar refractivity (Wildman–Crippen MR) is 77.0 cm³/mol. The molecule has 0 aliphatic carbocycles. The summed E-state index contributed by atoms with van der Waals surface area (Å²) in [4.78, 5) is 0. The van der Waals surface area contributed by atoms with Gasteiger partial charge in [0.05, 0.1) is 6.21 Å². The standard InChI is InChI=1S/C12H18N4S/c1-9(2)7-14-12(17)16-15-8-10-3-5-11(13)6-4-10/h3-6,8-9H,7,13H2,1-2H3,(H2,14,16,17)/b15-8-. The number of hydrazone groups is 1. The van der Waals surface area contributed by atoms with E-state index in [-0.39, 0.29) is 0 Å². The zero-order chi connectivity index (χ0) is 12.7. The van der Waals surface area contributed by atoms with E-state index in [0.29, 0.717) is 11.0 Å². The molecule has 0 spiro atoms. The van der Waals surface area contributed by atoms with Crippen molar-refractivity contribution in [2.45, 2.75) is 13.8 Å². The Hall–Kier alpha value is -1.62. The first kappa shape index (κ1) is 13.4. The molecule has 0 aliphatic heterocycles. The van der Waals surface area contributed by atoms with Gasteiger partial charge < -0.3 is 11.1 Å². The first-order valence-corrected chi connectivity index (χ1v) is 5.91. The average Bonchev–Trinajstić information content (AvgIpc) is 2.29. The van der Waals surface area contributed by atoms with Crippen LogP contribution in [-0.4, -0.2) is 17.9 Å². The minimum absolute atomic E-state index is 0.533. The Morgan fingerprint density at radius 3 is 2.65 bits per heavy atom. The van der Waals surface area contributed by atoms with Crippen LogP contribution in [0.2, 0.25) is 0 Å². The second-order valence-corrected chi connectivity index (χ2v) is 4.55. The van der Waals surface area contributed by atoms with Gasteiger partial charge in [0.1, 0.15) is 0 Å².